The highest BCUT2D eigenvalue weighted by Gasteiger charge is 2.14. The molecule has 0 aliphatic carbocycles. The SMILES string of the molecule is CN=C(NCCCOCC1CCCO1)NCCc1cc(F)cc(F)c1.I. The zero-order valence-corrected chi connectivity index (χ0v) is 17.4. The number of hydrogen-bond acceptors (Lipinski definition) is 3. The largest absolute Gasteiger partial charge is 0.379 e. The summed E-state index contributed by atoms with van der Waals surface area (Å²) in [5.41, 5.74) is 0.614. The fourth-order valence-corrected chi connectivity index (χ4v) is 2.67. The number of aliphatic imine (C=N–C) groups is 1. The minimum Gasteiger partial charge on any atom is -0.379 e. The van der Waals surface area contributed by atoms with Gasteiger partial charge in [-0.15, -0.1) is 24.0 Å². The molecule has 0 radical (unpaired) electrons. The van der Waals surface area contributed by atoms with E-state index in [0.29, 0.717) is 37.7 Å². The van der Waals surface area contributed by atoms with E-state index < -0.39 is 11.6 Å². The highest BCUT2D eigenvalue weighted by molar-refractivity contribution is 14.0. The standard InChI is InChI=1S/C18H27F2N3O2.HI/c1-21-18(22-6-3-8-24-13-17-4-2-9-25-17)23-7-5-14-10-15(19)12-16(20)11-14;/h10-12,17H,2-9,13H2,1H3,(H2,21,22,23);1H. The molecule has 1 aliphatic rings. The molecule has 1 fully saturated rings. The lowest BCUT2D eigenvalue weighted by Crippen LogP contribution is -2.39. The van der Waals surface area contributed by atoms with Gasteiger partial charge in [0.2, 0.25) is 0 Å². The Morgan fingerprint density at radius 3 is 2.62 bits per heavy atom. The van der Waals surface area contributed by atoms with Gasteiger partial charge in [0.05, 0.1) is 12.7 Å². The lowest BCUT2D eigenvalue weighted by atomic mass is 10.1. The Kier molecular flexibility index (Phi) is 11.7. The third-order valence-electron chi connectivity index (χ3n) is 3.94. The number of ether oxygens (including phenoxy) is 2. The van der Waals surface area contributed by atoms with Crippen molar-refractivity contribution in [3.8, 4) is 0 Å². The van der Waals surface area contributed by atoms with Crippen molar-refractivity contribution in [3.63, 3.8) is 0 Å². The lowest BCUT2D eigenvalue weighted by molar-refractivity contribution is 0.0168. The summed E-state index contributed by atoms with van der Waals surface area (Å²) in [5, 5.41) is 6.31. The first-order valence-electron chi connectivity index (χ1n) is 8.76. The molecule has 0 spiro atoms. The number of halogens is 3. The molecule has 1 unspecified atom stereocenters. The number of hydrogen-bond donors (Lipinski definition) is 2. The number of rotatable bonds is 9. The molecule has 148 valence electrons. The van der Waals surface area contributed by atoms with E-state index in [-0.39, 0.29) is 30.1 Å². The Balaban J connectivity index is 0.00000338. The van der Waals surface area contributed by atoms with Gasteiger partial charge in [-0.05, 0) is 43.4 Å². The van der Waals surface area contributed by atoms with Crippen molar-refractivity contribution < 1.29 is 18.3 Å². The quantitative estimate of drug-likeness (QED) is 0.246. The second-order valence-corrected chi connectivity index (χ2v) is 6.02. The molecule has 5 nitrogen and oxygen atoms in total. The summed E-state index contributed by atoms with van der Waals surface area (Å²) in [4.78, 5) is 4.12. The van der Waals surface area contributed by atoms with Crippen LogP contribution in [0.1, 0.15) is 24.8 Å². The highest BCUT2D eigenvalue weighted by Crippen LogP contribution is 2.11. The van der Waals surface area contributed by atoms with Crippen molar-refractivity contribution in [1.29, 1.82) is 0 Å². The van der Waals surface area contributed by atoms with Crippen molar-refractivity contribution in [2.75, 3.05) is 40.0 Å². The second kappa shape index (κ2) is 13.2. The number of nitrogens with zero attached hydrogens (tertiary/aromatic N) is 1. The van der Waals surface area contributed by atoms with Gasteiger partial charge in [0.25, 0.3) is 0 Å². The normalized spacial score (nSPS) is 17.0. The summed E-state index contributed by atoms with van der Waals surface area (Å²) in [7, 11) is 1.69. The predicted molar refractivity (Wildman–Crippen MR) is 109 cm³/mol. The first-order chi connectivity index (χ1) is 12.2. The van der Waals surface area contributed by atoms with Crippen molar-refractivity contribution >= 4 is 29.9 Å². The maximum absolute atomic E-state index is 13.1. The van der Waals surface area contributed by atoms with Gasteiger partial charge in [0.15, 0.2) is 5.96 Å². The van der Waals surface area contributed by atoms with Crippen LogP contribution in [0.25, 0.3) is 0 Å². The summed E-state index contributed by atoms with van der Waals surface area (Å²) >= 11 is 0. The van der Waals surface area contributed by atoms with E-state index in [1.165, 1.54) is 12.1 Å². The van der Waals surface area contributed by atoms with Gasteiger partial charge < -0.3 is 20.1 Å². The molecule has 1 aromatic rings. The van der Waals surface area contributed by atoms with Crippen LogP contribution >= 0.6 is 24.0 Å². The summed E-state index contributed by atoms with van der Waals surface area (Å²) in [6, 6.07) is 3.55. The lowest BCUT2D eigenvalue weighted by Gasteiger charge is -2.13. The zero-order chi connectivity index (χ0) is 17.9. The average Bonchev–Trinajstić information content (AvgIpc) is 3.08. The molecule has 2 rings (SSSR count). The fraction of sp³-hybridized carbons (Fsp3) is 0.611. The molecule has 0 amide bonds. The molecule has 1 aliphatic heterocycles. The van der Waals surface area contributed by atoms with Gasteiger partial charge in [-0.2, -0.15) is 0 Å². The number of benzene rings is 1. The van der Waals surface area contributed by atoms with Gasteiger partial charge in [0, 0.05) is 39.4 Å². The van der Waals surface area contributed by atoms with Crippen molar-refractivity contribution in [2.45, 2.75) is 31.8 Å². The molecule has 26 heavy (non-hydrogen) atoms. The van der Waals surface area contributed by atoms with E-state index in [1.54, 1.807) is 7.05 Å². The van der Waals surface area contributed by atoms with E-state index >= 15 is 0 Å². The van der Waals surface area contributed by atoms with Gasteiger partial charge >= 0.3 is 0 Å². The monoisotopic (exact) mass is 483 g/mol. The van der Waals surface area contributed by atoms with Crippen LogP contribution in [0.2, 0.25) is 0 Å². The molecular formula is C18H28F2IN3O2. The molecule has 1 aromatic carbocycles. The van der Waals surface area contributed by atoms with Gasteiger partial charge in [0.1, 0.15) is 11.6 Å². The van der Waals surface area contributed by atoms with Crippen molar-refractivity contribution in [3.05, 3.63) is 35.4 Å². The van der Waals surface area contributed by atoms with Crippen LogP contribution < -0.4 is 10.6 Å². The second-order valence-electron chi connectivity index (χ2n) is 6.02. The Bertz CT molecular complexity index is 535. The zero-order valence-electron chi connectivity index (χ0n) is 15.1. The Morgan fingerprint density at radius 1 is 1.23 bits per heavy atom. The Labute approximate surface area is 171 Å². The topological polar surface area (TPSA) is 54.9 Å². The molecule has 8 heteroatoms. The first-order valence-corrected chi connectivity index (χ1v) is 8.76. The summed E-state index contributed by atoms with van der Waals surface area (Å²) < 4.78 is 37.4. The van der Waals surface area contributed by atoms with Crippen molar-refractivity contribution in [1.82, 2.24) is 10.6 Å². The van der Waals surface area contributed by atoms with E-state index in [1.807, 2.05) is 0 Å². The summed E-state index contributed by atoms with van der Waals surface area (Å²) in [5.74, 6) is -0.447. The van der Waals surface area contributed by atoms with Crippen LogP contribution in [0.3, 0.4) is 0 Å². The number of nitrogens with one attached hydrogen (secondary N) is 2. The van der Waals surface area contributed by atoms with Crippen LogP contribution in [0.4, 0.5) is 8.78 Å². The summed E-state index contributed by atoms with van der Waals surface area (Å²) in [6.45, 7) is 3.46. The highest BCUT2D eigenvalue weighted by atomic mass is 127. The molecule has 1 saturated heterocycles. The molecule has 0 bridgehead atoms. The third-order valence-corrected chi connectivity index (χ3v) is 3.94. The predicted octanol–water partition coefficient (Wildman–Crippen LogP) is 2.88. The molecule has 1 atom stereocenters. The molecule has 2 N–H and O–H groups in total. The van der Waals surface area contributed by atoms with Gasteiger partial charge in [-0.3, -0.25) is 4.99 Å². The maximum atomic E-state index is 13.1. The van der Waals surface area contributed by atoms with Crippen LogP contribution in [0, 0.1) is 11.6 Å². The van der Waals surface area contributed by atoms with E-state index in [4.69, 9.17) is 9.47 Å². The molecule has 0 saturated carbocycles. The molecule has 1 heterocycles. The minimum atomic E-state index is -0.555. The van der Waals surface area contributed by atoms with Crippen LogP contribution in [0.15, 0.2) is 23.2 Å². The average molecular weight is 483 g/mol. The van der Waals surface area contributed by atoms with E-state index in [0.717, 1.165) is 38.5 Å². The van der Waals surface area contributed by atoms with Crippen molar-refractivity contribution in [2.24, 2.45) is 4.99 Å². The number of guanidine groups is 1. The molecule has 0 aromatic heterocycles. The minimum absolute atomic E-state index is 0. The van der Waals surface area contributed by atoms with Gasteiger partial charge in [-0.25, -0.2) is 8.78 Å². The van der Waals surface area contributed by atoms with Crippen LogP contribution in [-0.4, -0.2) is 52.0 Å². The Morgan fingerprint density at radius 2 is 1.96 bits per heavy atom. The van der Waals surface area contributed by atoms with Crippen LogP contribution in [-0.2, 0) is 15.9 Å². The van der Waals surface area contributed by atoms with Gasteiger partial charge in [-0.1, -0.05) is 0 Å². The maximum Gasteiger partial charge on any atom is 0.190 e. The molecular weight excluding hydrogens is 455 g/mol. The van der Waals surface area contributed by atoms with Crippen LogP contribution in [0.5, 0.6) is 0 Å². The summed E-state index contributed by atoms with van der Waals surface area (Å²) in [6.07, 6.45) is 3.85. The first kappa shape index (κ1) is 23.0. The van der Waals surface area contributed by atoms with E-state index in [2.05, 4.69) is 15.6 Å². The smallest absolute Gasteiger partial charge is 0.190 e. The Hall–Kier alpha value is -1.00. The fourth-order valence-electron chi connectivity index (χ4n) is 2.67. The third kappa shape index (κ3) is 9.09. The van der Waals surface area contributed by atoms with E-state index in [9.17, 15) is 8.78 Å².